The fourth-order valence-corrected chi connectivity index (χ4v) is 5.15. The SMILES string of the molecule is CCOC(=O)C1=C(C)N=c2s/c(=C\c3cc(OC)ccc3OC)c(=O)n2[C@H]1c1ccc(Br)cc1. The Hall–Kier alpha value is -3.17. The number of halogens is 1. The summed E-state index contributed by atoms with van der Waals surface area (Å²) in [5, 5.41) is 0. The number of allylic oxidation sites excluding steroid dienone is 1. The van der Waals surface area contributed by atoms with Crippen LogP contribution in [-0.2, 0) is 9.53 Å². The van der Waals surface area contributed by atoms with Crippen LogP contribution in [0.2, 0.25) is 0 Å². The van der Waals surface area contributed by atoms with Crippen molar-refractivity contribution in [2.45, 2.75) is 19.9 Å². The summed E-state index contributed by atoms with van der Waals surface area (Å²) in [6.45, 7) is 3.74. The number of esters is 1. The van der Waals surface area contributed by atoms with Gasteiger partial charge in [-0.1, -0.05) is 39.4 Å². The van der Waals surface area contributed by atoms with Gasteiger partial charge in [-0.3, -0.25) is 9.36 Å². The zero-order chi connectivity index (χ0) is 24.4. The van der Waals surface area contributed by atoms with Gasteiger partial charge in [0.25, 0.3) is 5.56 Å². The van der Waals surface area contributed by atoms with Crippen LogP contribution in [0.1, 0.15) is 31.0 Å². The van der Waals surface area contributed by atoms with Gasteiger partial charge in [0.15, 0.2) is 4.80 Å². The summed E-state index contributed by atoms with van der Waals surface area (Å²) in [6, 6.07) is 12.3. The van der Waals surface area contributed by atoms with Crippen LogP contribution in [0.5, 0.6) is 11.5 Å². The summed E-state index contributed by atoms with van der Waals surface area (Å²) < 4.78 is 19.0. The van der Waals surface area contributed by atoms with Crippen LogP contribution in [0, 0.1) is 0 Å². The van der Waals surface area contributed by atoms with Crippen LogP contribution in [0.25, 0.3) is 6.08 Å². The number of rotatable bonds is 6. The van der Waals surface area contributed by atoms with Crippen molar-refractivity contribution in [1.29, 1.82) is 0 Å². The van der Waals surface area contributed by atoms with E-state index in [1.54, 1.807) is 56.9 Å². The lowest BCUT2D eigenvalue weighted by atomic mass is 9.96. The summed E-state index contributed by atoms with van der Waals surface area (Å²) >= 11 is 4.71. The van der Waals surface area contributed by atoms with E-state index < -0.39 is 12.0 Å². The van der Waals surface area contributed by atoms with E-state index in [1.807, 2.05) is 24.3 Å². The van der Waals surface area contributed by atoms with Gasteiger partial charge in [-0.15, -0.1) is 0 Å². The molecule has 1 aliphatic rings. The highest BCUT2D eigenvalue weighted by Crippen LogP contribution is 2.31. The largest absolute Gasteiger partial charge is 0.497 e. The first-order chi connectivity index (χ1) is 16.4. The topological polar surface area (TPSA) is 79.1 Å². The number of carbonyl (C=O) groups excluding carboxylic acids is 1. The molecule has 0 saturated heterocycles. The smallest absolute Gasteiger partial charge is 0.338 e. The third kappa shape index (κ3) is 4.45. The normalized spacial score (nSPS) is 15.6. The Morgan fingerprint density at radius 3 is 2.56 bits per heavy atom. The number of benzene rings is 2. The molecule has 0 spiro atoms. The predicted octanol–water partition coefficient (Wildman–Crippen LogP) is 3.58. The number of carbonyl (C=O) groups is 1. The first-order valence-electron chi connectivity index (χ1n) is 10.5. The molecule has 3 aromatic rings. The molecule has 0 aliphatic carbocycles. The average molecular weight is 543 g/mol. The molecule has 0 bridgehead atoms. The van der Waals surface area contributed by atoms with Gasteiger partial charge in [0.05, 0.1) is 42.7 Å². The summed E-state index contributed by atoms with van der Waals surface area (Å²) in [5.74, 6) is 0.771. The van der Waals surface area contributed by atoms with Crippen LogP contribution in [-0.4, -0.2) is 31.4 Å². The molecular formula is C25H23BrN2O5S. The van der Waals surface area contributed by atoms with E-state index in [0.717, 1.165) is 10.0 Å². The van der Waals surface area contributed by atoms with Gasteiger partial charge in [0, 0.05) is 10.0 Å². The molecule has 0 unspecified atom stereocenters. The number of methoxy groups -OCH3 is 2. The van der Waals surface area contributed by atoms with Gasteiger partial charge in [-0.25, -0.2) is 9.79 Å². The van der Waals surface area contributed by atoms with Crippen LogP contribution in [0.4, 0.5) is 0 Å². The minimum atomic E-state index is -0.655. The maximum Gasteiger partial charge on any atom is 0.338 e. The molecule has 34 heavy (non-hydrogen) atoms. The van der Waals surface area contributed by atoms with Crippen LogP contribution in [0.3, 0.4) is 0 Å². The zero-order valence-corrected chi connectivity index (χ0v) is 21.5. The highest BCUT2D eigenvalue weighted by Gasteiger charge is 2.33. The van der Waals surface area contributed by atoms with Crippen molar-refractivity contribution < 1.29 is 19.0 Å². The Morgan fingerprint density at radius 2 is 1.91 bits per heavy atom. The van der Waals surface area contributed by atoms with Crippen molar-refractivity contribution in [3.63, 3.8) is 0 Å². The lowest BCUT2D eigenvalue weighted by Gasteiger charge is -2.24. The molecule has 9 heteroatoms. The van der Waals surface area contributed by atoms with E-state index in [1.165, 1.54) is 11.3 Å². The lowest BCUT2D eigenvalue weighted by Crippen LogP contribution is -2.39. The van der Waals surface area contributed by atoms with Gasteiger partial charge < -0.3 is 14.2 Å². The third-order valence-corrected chi connectivity index (χ3v) is 6.94. The highest BCUT2D eigenvalue weighted by molar-refractivity contribution is 9.10. The quantitative estimate of drug-likeness (QED) is 0.445. The molecule has 2 heterocycles. The fourth-order valence-electron chi connectivity index (χ4n) is 3.85. The van der Waals surface area contributed by atoms with E-state index >= 15 is 0 Å². The summed E-state index contributed by atoms with van der Waals surface area (Å²) in [4.78, 5) is 31.7. The molecule has 1 aliphatic heterocycles. The standard InChI is InChI=1S/C25H23BrN2O5S/c1-5-33-24(30)21-14(2)27-25-28(22(21)15-6-8-17(26)9-7-15)23(29)20(34-25)13-16-12-18(31-3)10-11-19(16)32-4/h6-13,22H,5H2,1-4H3/b20-13-/t22-/m0/s1. The van der Waals surface area contributed by atoms with Crippen molar-refractivity contribution in [2.24, 2.45) is 4.99 Å². The van der Waals surface area contributed by atoms with Crippen molar-refractivity contribution in [3.05, 3.63) is 89.0 Å². The second kappa shape index (κ2) is 9.99. The van der Waals surface area contributed by atoms with Crippen molar-refractivity contribution in [1.82, 2.24) is 4.57 Å². The van der Waals surface area contributed by atoms with E-state index in [-0.39, 0.29) is 12.2 Å². The summed E-state index contributed by atoms with van der Waals surface area (Å²) in [7, 11) is 3.15. The summed E-state index contributed by atoms with van der Waals surface area (Å²) in [6.07, 6.45) is 1.76. The van der Waals surface area contributed by atoms with E-state index in [2.05, 4.69) is 20.9 Å². The van der Waals surface area contributed by atoms with Gasteiger partial charge >= 0.3 is 5.97 Å². The molecule has 7 nitrogen and oxygen atoms in total. The molecular weight excluding hydrogens is 520 g/mol. The molecule has 0 saturated carbocycles. The zero-order valence-electron chi connectivity index (χ0n) is 19.1. The molecule has 0 radical (unpaired) electrons. The van der Waals surface area contributed by atoms with E-state index in [4.69, 9.17) is 14.2 Å². The number of fused-ring (bicyclic) bond motifs is 1. The number of thiazole rings is 1. The molecule has 0 amide bonds. The van der Waals surface area contributed by atoms with Crippen molar-refractivity contribution in [2.75, 3.05) is 20.8 Å². The first-order valence-corrected chi connectivity index (χ1v) is 12.2. The molecule has 1 aromatic heterocycles. The third-order valence-electron chi connectivity index (χ3n) is 5.43. The maximum atomic E-state index is 13.7. The second-order valence-electron chi connectivity index (χ2n) is 7.46. The minimum Gasteiger partial charge on any atom is -0.497 e. The predicted molar refractivity (Wildman–Crippen MR) is 134 cm³/mol. The number of hydrogen-bond acceptors (Lipinski definition) is 7. The Balaban J connectivity index is 1.96. The Bertz CT molecular complexity index is 1450. The highest BCUT2D eigenvalue weighted by atomic mass is 79.9. The van der Waals surface area contributed by atoms with Gasteiger partial charge in [-0.05, 0) is 55.8 Å². The fraction of sp³-hybridized carbons (Fsp3) is 0.240. The Morgan fingerprint density at radius 1 is 1.18 bits per heavy atom. The molecule has 2 aromatic carbocycles. The van der Waals surface area contributed by atoms with Crippen LogP contribution in [0.15, 0.2) is 68.0 Å². The monoisotopic (exact) mass is 542 g/mol. The van der Waals surface area contributed by atoms with Gasteiger partial charge in [-0.2, -0.15) is 0 Å². The second-order valence-corrected chi connectivity index (χ2v) is 9.39. The van der Waals surface area contributed by atoms with Crippen molar-refractivity contribution in [3.8, 4) is 11.5 Å². The van der Waals surface area contributed by atoms with Gasteiger partial charge in [0.1, 0.15) is 11.5 Å². The first kappa shape index (κ1) is 24.0. The van der Waals surface area contributed by atoms with Crippen molar-refractivity contribution >= 4 is 39.3 Å². The molecule has 1 atom stereocenters. The summed E-state index contributed by atoms with van der Waals surface area (Å²) in [5.41, 5.74) is 2.11. The Kier molecular flexibility index (Phi) is 7.04. The molecule has 0 N–H and O–H groups in total. The minimum absolute atomic E-state index is 0.225. The Labute approximate surface area is 208 Å². The van der Waals surface area contributed by atoms with Gasteiger partial charge in [0.2, 0.25) is 0 Å². The lowest BCUT2D eigenvalue weighted by molar-refractivity contribution is -0.139. The number of aromatic nitrogens is 1. The average Bonchev–Trinajstić information content (AvgIpc) is 3.13. The maximum absolute atomic E-state index is 13.7. The van der Waals surface area contributed by atoms with E-state index in [9.17, 15) is 9.59 Å². The van der Waals surface area contributed by atoms with Crippen LogP contribution < -0.4 is 24.4 Å². The van der Waals surface area contributed by atoms with E-state index in [0.29, 0.717) is 37.7 Å². The number of hydrogen-bond donors (Lipinski definition) is 0. The molecule has 0 fully saturated rings. The van der Waals surface area contributed by atoms with Crippen LogP contribution >= 0.6 is 27.3 Å². The molecule has 176 valence electrons. The molecule has 4 rings (SSSR count). The number of nitrogens with zero attached hydrogens (tertiary/aromatic N) is 2. The number of ether oxygens (including phenoxy) is 3.